The molecule has 3 aliphatic rings. The highest BCUT2D eigenvalue weighted by Crippen LogP contribution is 2.51. The van der Waals surface area contributed by atoms with Gasteiger partial charge in [0.25, 0.3) is 0 Å². The molecule has 10 heteroatoms. The molecule has 0 bridgehead atoms. The number of hydrogen-bond acceptors (Lipinski definition) is 5. The number of carboxylic acid groups (broad SMARTS) is 1. The van der Waals surface area contributed by atoms with E-state index in [1.807, 2.05) is 6.07 Å². The Balaban J connectivity index is 1.19. The Hall–Kier alpha value is -3.82. The lowest BCUT2D eigenvalue weighted by Gasteiger charge is -2.27. The van der Waals surface area contributed by atoms with Crippen molar-refractivity contribution >= 4 is 28.7 Å². The molecule has 2 aliphatic carbocycles. The summed E-state index contributed by atoms with van der Waals surface area (Å²) >= 11 is 0. The van der Waals surface area contributed by atoms with E-state index in [0.717, 1.165) is 6.42 Å². The normalized spacial score (nSPS) is 29.0. The first-order chi connectivity index (χ1) is 16.4. The number of carbonyl (C=O) groups is 3. The highest BCUT2D eigenvalue weighted by Gasteiger charge is 2.60. The van der Waals surface area contributed by atoms with Gasteiger partial charge in [0.1, 0.15) is 12.6 Å². The number of fused-ring (bicyclic) bond motifs is 2. The molecule has 1 aromatic carbocycles. The van der Waals surface area contributed by atoms with Crippen LogP contribution in [0.15, 0.2) is 48.8 Å². The number of pyridine rings is 1. The number of amides is 2. The van der Waals surface area contributed by atoms with Gasteiger partial charge in [0, 0.05) is 24.0 Å². The highest BCUT2D eigenvalue weighted by atomic mass is 19.1. The molecule has 2 amide bonds. The maximum atomic E-state index is 15.2. The van der Waals surface area contributed by atoms with Gasteiger partial charge in [0.15, 0.2) is 11.4 Å². The van der Waals surface area contributed by atoms with Gasteiger partial charge in [-0.2, -0.15) is 5.10 Å². The first-order valence-electron chi connectivity index (χ1n) is 11.3. The summed E-state index contributed by atoms with van der Waals surface area (Å²) in [7, 11) is 0. The number of rotatable bonds is 6. The second-order valence-electron chi connectivity index (χ2n) is 9.31. The second kappa shape index (κ2) is 7.34. The number of hydrogen-bond donors (Lipinski definition) is 2. The smallest absolute Gasteiger partial charge is 0.357 e. The number of likely N-dealkylation sites (tertiary alicyclic amines) is 1. The number of piperidine rings is 1. The summed E-state index contributed by atoms with van der Waals surface area (Å²) < 4.78 is 16.5. The lowest BCUT2D eigenvalue weighted by molar-refractivity contribution is -0.140. The lowest BCUT2D eigenvalue weighted by atomic mass is 10.1. The maximum absolute atomic E-state index is 15.2. The van der Waals surface area contributed by atoms with Crippen LogP contribution >= 0.6 is 0 Å². The molecule has 2 N–H and O–H groups in total. The van der Waals surface area contributed by atoms with Crippen LogP contribution < -0.4 is 5.32 Å². The molecule has 0 radical (unpaired) electrons. The van der Waals surface area contributed by atoms with Gasteiger partial charge < -0.3 is 15.3 Å². The minimum Gasteiger partial charge on any atom is -0.476 e. The first-order valence-corrected chi connectivity index (χ1v) is 11.3. The number of benzene rings is 1. The topological polar surface area (TPSA) is 117 Å². The summed E-state index contributed by atoms with van der Waals surface area (Å²) in [5.74, 6) is -1.60. The van der Waals surface area contributed by atoms with Gasteiger partial charge in [-0.1, -0.05) is 30.3 Å². The Kier molecular flexibility index (Phi) is 4.48. The molecule has 3 fully saturated rings. The lowest BCUT2D eigenvalue weighted by Crippen LogP contribution is -2.50. The quantitative estimate of drug-likeness (QED) is 0.576. The minimum absolute atomic E-state index is 0.0226. The summed E-state index contributed by atoms with van der Waals surface area (Å²) in [6, 6.07) is 9.00. The number of nitrogens with one attached hydrogen (secondary N) is 1. The fourth-order valence-corrected chi connectivity index (χ4v) is 5.26. The van der Waals surface area contributed by atoms with Crippen molar-refractivity contribution < 1.29 is 23.9 Å². The van der Waals surface area contributed by atoms with E-state index in [-0.39, 0.29) is 42.4 Å². The number of halogens is 1. The van der Waals surface area contributed by atoms with Gasteiger partial charge in [0.2, 0.25) is 11.8 Å². The van der Waals surface area contributed by atoms with Crippen molar-refractivity contribution in [1.29, 1.82) is 0 Å². The van der Waals surface area contributed by atoms with Crippen LogP contribution in [0.4, 0.5) is 4.39 Å². The van der Waals surface area contributed by atoms with Crippen LogP contribution in [0.2, 0.25) is 0 Å². The van der Waals surface area contributed by atoms with Crippen molar-refractivity contribution in [2.24, 2.45) is 5.92 Å². The van der Waals surface area contributed by atoms with Gasteiger partial charge in [-0.25, -0.2) is 9.18 Å². The zero-order chi connectivity index (χ0) is 23.6. The summed E-state index contributed by atoms with van der Waals surface area (Å²) in [6.07, 6.45) is 4.52. The van der Waals surface area contributed by atoms with E-state index in [9.17, 15) is 19.5 Å². The van der Waals surface area contributed by atoms with Crippen molar-refractivity contribution in [2.75, 3.05) is 0 Å². The predicted octanol–water partition coefficient (Wildman–Crippen LogP) is 1.87. The highest BCUT2D eigenvalue weighted by molar-refractivity contribution is 6.01. The third-order valence-electron chi connectivity index (χ3n) is 7.20. The SMILES string of the molecule is O=C(O)c1nn(CC(=O)N2[C@@H]3C[C@@H]3C[C@H]2C(=O)N[C@H]2C[C@]2(F)c2ccccc2)c2cnccc12. The van der Waals surface area contributed by atoms with Crippen molar-refractivity contribution in [3.05, 3.63) is 60.0 Å². The Morgan fingerprint density at radius 1 is 1.18 bits per heavy atom. The van der Waals surface area contributed by atoms with E-state index >= 15 is 4.39 Å². The Morgan fingerprint density at radius 2 is 1.97 bits per heavy atom. The van der Waals surface area contributed by atoms with Crippen molar-refractivity contribution in [3.8, 4) is 0 Å². The average Bonchev–Trinajstić information content (AvgIpc) is 3.65. The van der Waals surface area contributed by atoms with Crippen LogP contribution in [0.5, 0.6) is 0 Å². The van der Waals surface area contributed by atoms with Crippen LogP contribution in [-0.2, 0) is 21.8 Å². The second-order valence-corrected chi connectivity index (χ2v) is 9.31. The molecule has 0 spiro atoms. The van der Waals surface area contributed by atoms with E-state index < -0.39 is 23.7 Å². The van der Waals surface area contributed by atoms with Crippen LogP contribution in [0, 0.1) is 5.92 Å². The standard InChI is InChI=1S/C24H22FN5O4/c25-24(14-4-2-1-3-5-14)10-19(24)27-22(32)17-9-13-8-16(13)30(17)20(31)12-29-18-11-26-7-6-15(18)21(28-29)23(33)34/h1-7,11,13,16-17,19H,8-10,12H2,(H,27,32)(H,33,34)/t13-,16-,17+,19+,24+/m1/s1. The molecule has 1 saturated heterocycles. The maximum Gasteiger partial charge on any atom is 0.357 e. The van der Waals surface area contributed by atoms with E-state index in [1.54, 1.807) is 35.2 Å². The molecule has 0 unspecified atom stereocenters. The third kappa shape index (κ3) is 3.24. The summed E-state index contributed by atoms with van der Waals surface area (Å²) in [5.41, 5.74) is -0.763. The molecule has 2 aromatic heterocycles. The Labute approximate surface area is 193 Å². The van der Waals surface area contributed by atoms with Crippen molar-refractivity contribution in [2.45, 2.75) is 49.6 Å². The Morgan fingerprint density at radius 3 is 2.74 bits per heavy atom. The van der Waals surface area contributed by atoms with Gasteiger partial charge >= 0.3 is 5.97 Å². The molecule has 3 aromatic rings. The summed E-state index contributed by atoms with van der Waals surface area (Å²) in [4.78, 5) is 43.5. The summed E-state index contributed by atoms with van der Waals surface area (Å²) in [5, 5.41) is 16.7. The molecular formula is C24H22FN5O4. The molecular weight excluding hydrogens is 441 g/mol. The summed E-state index contributed by atoms with van der Waals surface area (Å²) in [6.45, 7) is -0.205. The molecule has 174 valence electrons. The zero-order valence-electron chi connectivity index (χ0n) is 18.1. The largest absolute Gasteiger partial charge is 0.476 e. The minimum atomic E-state index is -1.58. The van der Waals surface area contributed by atoms with Crippen molar-refractivity contribution in [1.82, 2.24) is 25.0 Å². The average molecular weight is 463 g/mol. The van der Waals surface area contributed by atoms with Crippen LogP contribution in [0.1, 0.15) is 35.3 Å². The number of nitrogens with zero attached hydrogens (tertiary/aromatic N) is 4. The molecule has 5 atom stereocenters. The van der Waals surface area contributed by atoms with Crippen LogP contribution in [-0.4, -0.2) is 60.7 Å². The van der Waals surface area contributed by atoms with E-state index in [2.05, 4.69) is 15.4 Å². The number of carbonyl (C=O) groups excluding carboxylic acids is 2. The number of aromatic nitrogens is 3. The van der Waals surface area contributed by atoms with Crippen LogP contribution in [0.25, 0.3) is 10.9 Å². The molecule has 1 aliphatic heterocycles. The van der Waals surface area contributed by atoms with E-state index in [4.69, 9.17) is 0 Å². The first kappa shape index (κ1) is 20.8. The number of alkyl halides is 1. The van der Waals surface area contributed by atoms with Gasteiger partial charge in [0.05, 0.1) is 17.8 Å². The number of aromatic carboxylic acids is 1. The van der Waals surface area contributed by atoms with Gasteiger partial charge in [-0.3, -0.25) is 19.3 Å². The predicted molar refractivity (Wildman–Crippen MR) is 117 cm³/mol. The van der Waals surface area contributed by atoms with Gasteiger partial charge in [-0.15, -0.1) is 0 Å². The molecule has 9 nitrogen and oxygen atoms in total. The Bertz CT molecular complexity index is 1330. The van der Waals surface area contributed by atoms with E-state index in [1.165, 1.54) is 17.1 Å². The zero-order valence-corrected chi connectivity index (χ0v) is 18.1. The van der Waals surface area contributed by atoms with Crippen molar-refractivity contribution in [3.63, 3.8) is 0 Å². The molecule has 2 saturated carbocycles. The number of carboxylic acids is 1. The fourth-order valence-electron chi connectivity index (χ4n) is 5.26. The van der Waals surface area contributed by atoms with E-state index in [0.29, 0.717) is 22.9 Å². The van der Waals surface area contributed by atoms with Gasteiger partial charge in [-0.05, 0) is 30.4 Å². The monoisotopic (exact) mass is 463 g/mol. The molecule has 3 heterocycles. The molecule has 6 rings (SSSR count). The van der Waals surface area contributed by atoms with Crippen LogP contribution in [0.3, 0.4) is 0 Å². The third-order valence-corrected chi connectivity index (χ3v) is 7.20. The molecule has 34 heavy (non-hydrogen) atoms. The fraction of sp³-hybridized carbons (Fsp3) is 0.375.